The Morgan fingerprint density at radius 1 is 1.32 bits per heavy atom. The zero-order valence-corrected chi connectivity index (χ0v) is 11.7. The lowest BCUT2D eigenvalue weighted by atomic mass is 9.96. The molecule has 3 atom stereocenters. The first-order valence-electron chi connectivity index (χ1n) is 6.91. The smallest absolute Gasteiger partial charge is 0.231 e. The van der Waals surface area contributed by atoms with Crippen molar-refractivity contribution < 1.29 is 4.79 Å². The Bertz CT molecular complexity index is 411. The van der Waals surface area contributed by atoms with E-state index < -0.39 is 0 Å². The van der Waals surface area contributed by atoms with Gasteiger partial charge in [-0.3, -0.25) is 4.79 Å². The fraction of sp³-hybridized carbons (Fsp3) is 0.533. The zero-order chi connectivity index (χ0) is 13.8. The van der Waals surface area contributed by atoms with E-state index in [2.05, 4.69) is 19.2 Å². The summed E-state index contributed by atoms with van der Waals surface area (Å²) in [6.07, 6.45) is 0. The molecule has 4 nitrogen and oxygen atoms in total. The first-order chi connectivity index (χ1) is 9.11. The van der Waals surface area contributed by atoms with Crippen LogP contribution in [0.1, 0.15) is 25.3 Å². The quantitative estimate of drug-likeness (QED) is 0.851. The summed E-state index contributed by atoms with van der Waals surface area (Å²) in [5.74, 6) is -0.0763. The molecule has 0 bridgehead atoms. The van der Waals surface area contributed by atoms with Crippen LogP contribution in [-0.4, -0.2) is 42.5 Å². The second-order valence-electron chi connectivity index (χ2n) is 5.41. The highest BCUT2D eigenvalue weighted by atomic mass is 16.2. The van der Waals surface area contributed by atoms with E-state index in [9.17, 15) is 4.79 Å². The number of carbonyl (C=O) groups excluding carboxylic acids is 1. The third-order valence-electron chi connectivity index (χ3n) is 3.60. The van der Waals surface area contributed by atoms with Gasteiger partial charge in [0.1, 0.15) is 0 Å². The predicted octanol–water partition coefficient (Wildman–Crippen LogP) is 0.938. The van der Waals surface area contributed by atoms with E-state index in [4.69, 9.17) is 5.73 Å². The molecular formula is C15H23N3O. The number of hydrogen-bond acceptors (Lipinski definition) is 3. The lowest BCUT2D eigenvalue weighted by Crippen LogP contribution is -2.57. The van der Waals surface area contributed by atoms with Crippen LogP contribution in [0.5, 0.6) is 0 Å². The topological polar surface area (TPSA) is 58.4 Å². The van der Waals surface area contributed by atoms with Crippen LogP contribution in [0.4, 0.5) is 0 Å². The van der Waals surface area contributed by atoms with Gasteiger partial charge in [0.25, 0.3) is 0 Å². The van der Waals surface area contributed by atoms with Crippen molar-refractivity contribution in [1.82, 2.24) is 10.2 Å². The Morgan fingerprint density at radius 3 is 2.42 bits per heavy atom. The van der Waals surface area contributed by atoms with Crippen molar-refractivity contribution in [3.63, 3.8) is 0 Å². The Hall–Kier alpha value is -1.39. The summed E-state index contributed by atoms with van der Waals surface area (Å²) >= 11 is 0. The number of carbonyl (C=O) groups is 1. The second-order valence-corrected chi connectivity index (χ2v) is 5.41. The van der Waals surface area contributed by atoms with E-state index in [-0.39, 0.29) is 11.8 Å². The molecule has 0 radical (unpaired) electrons. The molecule has 0 aliphatic carbocycles. The largest absolute Gasteiger partial charge is 0.339 e. The van der Waals surface area contributed by atoms with Gasteiger partial charge in [0.15, 0.2) is 0 Å². The van der Waals surface area contributed by atoms with Gasteiger partial charge in [0.05, 0.1) is 5.92 Å². The maximum absolute atomic E-state index is 12.6. The molecule has 19 heavy (non-hydrogen) atoms. The van der Waals surface area contributed by atoms with E-state index in [0.717, 1.165) is 18.7 Å². The Balaban J connectivity index is 2.13. The maximum Gasteiger partial charge on any atom is 0.231 e. The summed E-state index contributed by atoms with van der Waals surface area (Å²) in [6.45, 7) is 6.08. The molecule has 1 aromatic rings. The van der Waals surface area contributed by atoms with E-state index in [1.165, 1.54) is 0 Å². The highest BCUT2D eigenvalue weighted by molar-refractivity contribution is 5.84. The summed E-state index contributed by atoms with van der Waals surface area (Å²) in [4.78, 5) is 14.6. The summed E-state index contributed by atoms with van der Waals surface area (Å²) < 4.78 is 0. The molecule has 1 saturated heterocycles. The van der Waals surface area contributed by atoms with Gasteiger partial charge in [-0.05, 0) is 19.4 Å². The van der Waals surface area contributed by atoms with Crippen LogP contribution < -0.4 is 11.1 Å². The zero-order valence-electron chi connectivity index (χ0n) is 11.7. The normalized spacial score (nSPS) is 25.1. The molecule has 1 aromatic carbocycles. The second kappa shape index (κ2) is 6.17. The fourth-order valence-corrected chi connectivity index (χ4v) is 2.79. The van der Waals surface area contributed by atoms with Crippen LogP contribution in [0, 0.1) is 0 Å². The highest BCUT2D eigenvalue weighted by Gasteiger charge is 2.29. The van der Waals surface area contributed by atoms with Gasteiger partial charge in [0.2, 0.25) is 5.91 Å². The molecule has 4 heteroatoms. The number of rotatable bonds is 3. The number of hydrogen-bond donors (Lipinski definition) is 2. The summed E-state index contributed by atoms with van der Waals surface area (Å²) in [6, 6.07) is 10.5. The van der Waals surface area contributed by atoms with Crippen molar-refractivity contribution in [2.75, 3.05) is 19.6 Å². The number of nitrogens with zero attached hydrogens (tertiary/aromatic N) is 1. The van der Waals surface area contributed by atoms with E-state index >= 15 is 0 Å². The minimum atomic E-state index is -0.223. The Morgan fingerprint density at radius 2 is 1.89 bits per heavy atom. The number of piperazine rings is 1. The van der Waals surface area contributed by atoms with Crippen molar-refractivity contribution in [2.45, 2.75) is 31.8 Å². The molecule has 1 heterocycles. The molecule has 1 aliphatic heterocycles. The number of nitrogens with two attached hydrogens (primary N) is 1. The third-order valence-corrected chi connectivity index (χ3v) is 3.60. The number of benzene rings is 1. The monoisotopic (exact) mass is 261 g/mol. The fourth-order valence-electron chi connectivity index (χ4n) is 2.79. The first-order valence-corrected chi connectivity index (χ1v) is 6.91. The molecule has 0 saturated carbocycles. The molecule has 2 rings (SSSR count). The lowest BCUT2D eigenvalue weighted by molar-refractivity contribution is -0.134. The van der Waals surface area contributed by atoms with Crippen molar-refractivity contribution in [3.8, 4) is 0 Å². The van der Waals surface area contributed by atoms with Crippen molar-refractivity contribution in [2.24, 2.45) is 5.73 Å². The Kier molecular flexibility index (Phi) is 4.56. The van der Waals surface area contributed by atoms with Gasteiger partial charge < -0.3 is 16.0 Å². The van der Waals surface area contributed by atoms with Crippen LogP contribution >= 0.6 is 0 Å². The van der Waals surface area contributed by atoms with E-state index in [1.807, 2.05) is 35.2 Å². The summed E-state index contributed by atoms with van der Waals surface area (Å²) in [7, 11) is 0. The van der Waals surface area contributed by atoms with E-state index in [0.29, 0.717) is 18.6 Å². The van der Waals surface area contributed by atoms with Crippen molar-refractivity contribution in [3.05, 3.63) is 35.9 Å². The van der Waals surface area contributed by atoms with Crippen LogP contribution in [0.3, 0.4) is 0 Å². The molecule has 0 spiro atoms. The van der Waals surface area contributed by atoms with Gasteiger partial charge in [-0.1, -0.05) is 30.3 Å². The summed E-state index contributed by atoms with van der Waals surface area (Å²) in [5.41, 5.74) is 6.83. The molecular weight excluding hydrogens is 238 g/mol. The minimum absolute atomic E-state index is 0.147. The van der Waals surface area contributed by atoms with Crippen molar-refractivity contribution >= 4 is 5.91 Å². The lowest BCUT2D eigenvalue weighted by Gasteiger charge is -2.37. The van der Waals surface area contributed by atoms with Gasteiger partial charge in [-0.25, -0.2) is 0 Å². The molecule has 3 N–H and O–H groups in total. The van der Waals surface area contributed by atoms with Crippen LogP contribution in [0.2, 0.25) is 0 Å². The van der Waals surface area contributed by atoms with Gasteiger partial charge in [-0.2, -0.15) is 0 Å². The average Bonchev–Trinajstić information content (AvgIpc) is 2.39. The Labute approximate surface area is 115 Å². The van der Waals surface area contributed by atoms with Gasteiger partial charge in [-0.15, -0.1) is 0 Å². The number of nitrogens with one attached hydrogen (secondary N) is 1. The SMILES string of the molecule is C[C@@H]1CN(C(=O)[C@@H](CN)c2ccccc2)C[C@H](C)N1. The standard InChI is InChI=1S/C15H23N3O/c1-11-9-18(10-12(2)17-11)15(19)14(8-16)13-6-4-3-5-7-13/h3-7,11-12,14,17H,8-10,16H2,1-2H3/t11-,12+,14-/m0/s1. The molecule has 1 amide bonds. The van der Waals surface area contributed by atoms with Crippen LogP contribution in [0.25, 0.3) is 0 Å². The molecule has 1 fully saturated rings. The van der Waals surface area contributed by atoms with Crippen LogP contribution in [-0.2, 0) is 4.79 Å². The van der Waals surface area contributed by atoms with E-state index in [1.54, 1.807) is 0 Å². The predicted molar refractivity (Wildman–Crippen MR) is 76.9 cm³/mol. The number of amides is 1. The maximum atomic E-state index is 12.6. The highest BCUT2D eigenvalue weighted by Crippen LogP contribution is 2.19. The molecule has 1 aliphatic rings. The molecule has 0 unspecified atom stereocenters. The van der Waals surface area contributed by atoms with Gasteiger partial charge in [0, 0.05) is 31.7 Å². The third kappa shape index (κ3) is 3.33. The minimum Gasteiger partial charge on any atom is -0.339 e. The average molecular weight is 261 g/mol. The summed E-state index contributed by atoms with van der Waals surface area (Å²) in [5, 5.41) is 3.44. The molecule has 0 aromatic heterocycles. The van der Waals surface area contributed by atoms with Gasteiger partial charge >= 0.3 is 0 Å². The first kappa shape index (κ1) is 14.0. The van der Waals surface area contributed by atoms with Crippen LogP contribution in [0.15, 0.2) is 30.3 Å². The molecule has 104 valence electrons. The van der Waals surface area contributed by atoms with Crippen molar-refractivity contribution in [1.29, 1.82) is 0 Å².